The van der Waals surface area contributed by atoms with E-state index in [0.29, 0.717) is 0 Å². The molecule has 0 unspecified atom stereocenters. The van der Waals surface area contributed by atoms with Crippen LogP contribution in [0.25, 0.3) is 0 Å². The van der Waals surface area contributed by atoms with E-state index < -0.39 is 9.85 Å². The number of carbonyl (C=O) groups is 2. The summed E-state index contributed by atoms with van der Waals surface area (Å²) < 4.78 is 1.93. The van der Waals surface area contributed by atoms with E-state index in [9.17, 15) is 29.8 Å². The third-order valence-electron chi connectivity index (χ3n) is 4.44. The van der Waals surface area contributed by atoms with Gasteiger partial charge in [0.2, 0.25) is 11.8 Å². The van der Waals surface area contributed by atoms with Crippen molar-refractivity contribution in [2.45, 2.75) is 69.2 Å². The van der Waals surface area contributed by atoms with Gasteiger partial charge >= 0.3 is 0 Å². The molecule has 0 heterocycles. The van der Waals surface area contributed by atoms with Gasteiger partial charge in [-0.1, -0.05) is 252 Å². The normalized spacial score (nSPS) is 7.53. The number of hydrogen-bond acceptors (Lipinski definition) is 8. The first-order valence-corrected chi connectivity index (χ1v) is 27.9. The molecule has 12 nitrogen and oxygen atoms in total. The summed E-state index contributed by atoms with van der Waals surface area (Å²) in [5, 5.41) is 25.6. The third kappa shape index (κ3) is 64.5. The predicted octanol–water partition coefficient (Wildman–Crippen LogP) is 16.4. The molecule has 4 aromatic carbocycles. The van der Waals surface area contributed by atoms with Crippen LogP contribution in [-0.4, -0.2) is 29.0 Å². The average Bonchev–Trinajstić information content (AvgIpc) is 3.24. The molecule has 20 heteroatoms. The van der Waals surface area contributed by atoms with Crippen LogP contribution in [0.15, 0.2) is 109 Å². The molecule has 0 saturated carbocycles. The molecule has 343 valence electrons. The van der Waals surface area contributed by atoms with Crippen molar-refractivity contribution in [3.05, 3.63) is 134 Å². The van der Waals surface area contributed by atoms with Crippen LogP contribution in [0.3, 0.4) is 0 Å². The Labute approximate surface area is 468 Å². The molecule has 6 N–H and O–H groups in total. The topological polar surface area (TPSA) is 197 Å². The molecule has 0 saturated heterocycles. The van der Waals surface area contributed by atoms with Crippen molar-refractivity contribution in [3.63, 3.8) is 0 Å². The van der Waals surface area contributed by atoms with Crippen molar-refractivity contribution in [2.24, 2.45) is 0 Å². The number of nitro benzene ring substituents is 2. The predicted molar refractivity (Wildman–Crippen MR) is 320 cm³/mol. The molecule has 0 atom stereocenters. The zero-order valence-electron chi connectivity index (χ0n) is 36.0. The first-order chi connectivity index (χ1) is 28.2. The minimum Gasteiger partial charge on any atom is -0.399 e. The summed E-state index contributed by atoms with van der Waals surface area (Å²) in [6.45, 7) is 18.8. The van der Waals surface area contributed by atoms with Gasteiger partial charge in [0.25, 0.3) is 11.4 Å². The number of nitrogen functional groups attached to an aromatic ring is 2. The largest absolute Gasteiger partial charge is 0.399 e. The number of amides is 2. The third-order valence-corrected chi connectivity index (χ3v) is 4.44. The Bertz CT molecular complexity index is 1490. The molecule has 0 aromatic heterocycles. The van der Waals surface area contributed by atoms with Gasteiger partial charge in [0.05, 0.1) is 12.3 Å². The fourth-order valence-corrected chi connectivity index (χ4v) is 2.76. The first-order valence-electron chi connectivity index (χ1n) is 17.5. The fourth-order valence-electron chi connectivity index (χ4n) is 2.76. The zero-order valence-corrected chi connectivity index (χ0v) is 52.5. The molecule has 2 amide bonds. The number of nitrogens with zero attached hydrogens (tertiary/aromatic N) is 2. The van der Waals surface area contributed by atoms with E-state index in [4.69, 9.17) is 11.5 Å². The standard InChI is InChI=1S/C8H8N2O3.C8H9NO.C6H6N2O2.C6H7N.4C2H6.CHI3.CH2I2.CH3I.CH2I.V/c1-6(11)9-7-4-2-3-5-8(7)10(12)13;1-7(10)9-8-5-3-2-4-6-8;7-5-3-1-2-4-6(5)8(9)10;7-6-4-2-1-3-5-6;4*1-2;2-1(3)4;2-1-3;2*1-2;/h2-5H,1H3,(H,9,11);2-6H,1H3,(H,9,10);1-4H,7H2;1-5H,7H2;4*1-2H3;1H;1H2;1H3;1H2;/q;;;;;;;;;;;-1;. The first kappa shape index (κ1) is 80.2. The van der Waals surface area contributed by atoms with Gasteiger partial charge in [-0.15, -0.1) is 0 Å². The van der Waals surface area contributed by atoms with Crippen LogP contribution in [0, 0.1) is 25.2 Å². The van der Waals surface area contributed by atoms with E-state index in [1.165, 1.54) is 40.5 Å². The van der Waals surface area contributed by atoms with Crippen molar-refractivity contribution in [3.8, 4) is 0 Å². The maximum atomic E-state index is 10.7. The van der Waals surface area contributed by atoms with Crippen LogP contribution >= 0.6 is 158 Å². The molecular weight excluding hydrogens is 1600 g/mol. The molecule has 1 radical (unpaired) electrons. The maximum Gasteiger partial charge on any atom is 0.292 e. The number of nitrogens with one attached hydrogen (secondary N) is 2. The number of alkyl halides is 6. The number of benzene rings is 4. The van der Waals surface area contributed by atoms with Crippen LogP contribution in [0.4, 0.5) is 34.1 Å². The van der Waals surface area contributed by atoms with Crippen LogP contribution in [0.1, 0.15) is 69.2 Å². The van der Waals surface area contributed by atoms with Crippen molar-refractivity contribution in [1.29, 1.82) is 0 Å². The van der Waals surface area contributed by atoms with Gasteiger partial charge in [0, 0.05) is 55.9 Å². The van der Waals surface area contributed by atoms with Crippen LogP contribution in [0.2, 0.25) is 0 Å². The summed E-state index contributed by atoms with van der Waals surface area (Å²) in [6.07, 6.45) is 0. The van der Waals surface area contributed by atoms with Gasteiger partial charge < -0.3 is 44.7 Å². The van der Waals surface area contributed by atoms with Gasteiger partial charge in [-0.2, -0.15) is 0 Å². The van der Waals surface area contributed by atoms with Crippen molar-refractivity contribution in [1.82, 2.24) is 0 Å². The molecule has 0 aliphatic heterocycles. The summed E-state index contributed by atoms with van der Waals surface area (Å²) in [5.74, 6) is -0.361. The molecule has 4 rings (SSSR count). The second-order valence-electron chi connectivity index (χ2n) is 8.08. The van der Waals surface area contributed by atoms with Crippen molar-refractivity contribution in [2.75, 3.05) is 29.5 Å². The Kier molecular flexibility index (Phi) is 90.9. The molecule has 0 aliphatic rings. The summed E-state index contributed by atoms with van der Waals surface area (Å²) in [7, 11) is 0. The van der Waals surface area contributed by atoms with Crippen molar-refractivity contribution >= 4 is 204 Å². The molecule has 0 fully saturated rings. The van der Waals surface area contributed by atoms with Gasteiger partial charge in [-0.25, -0.2) is 0 Å². The van der Waals surface area contributed by atoms with E-state index >= 15 is 0 Å². The summed E-state index contributed by atoms with van der Waals surface area (Å²) >= 11 is 15.6. The number of halogens is 7. The van der Waals surface area contributed by atoms with E-state index in [-0.39, 0.29) is 53.1 Å². The Morgan fingerprint density at radius 2 is 0.883 bits per heavy atom. The monoisotopic (exact) mass is 1660 g/mol. The minimum absolute atomic E-state index is 0. The quantitative estimate of drug-likeness (QED) is 0.0387. The summed E-state index contributed by atoms with van der Waals surface area (Å²) in [4.78, 5) is 45.9. The second-order valence-corrected chi connectivity index (χ2v) is 23.4. The fraction of sp³-hybridized carbons (Fsp3) is 0.325. The number of nitrogens with two attached hydrogens (primary N) is 2. The SMILES string of the molecule is CC.CC.CC.CC.CC(=O)Nc1ccccc1.CC(=O)Nc1ccccc1[N+](=O)[O-].CI.IC(I)I.ICI.Nc1ccccc1.Nc1ccccc1[N+](=O)[O-].[CH2-]I.[V]. The van der Waals surface area contributed by atoms with Crippen LogP contribution in [0.5, 0.6) is 0 Å². The summed E-state index contributed by atoms with van der Waals surface area (Å²) in [6, 6.07) is 30.9. The van der Waals surface area contributed by atoms with E-state index in [1.54, 1.807) is 24.3 Å². The molecule has 0 spiro atoms. The van der Waals surface area contributed by atoms with E-state index in [0.717, 1.165) is 11.3 Å². The summed E-state index contributed by atoms with van der Waals surface area (Å²) in [5.41, 5.74) is 12.6. The van der Waals surface area contributed by atoms with E-state index in [2.05, 4.69) is 151 Å². The number of hydrogen-bond donors (Lipinski definition) is 4. The smallest absolute Gasteiger partial charge is 0.292 e. The number of nitro groups is 2. The number of rotatable bonds is 4. The average molecular weight is 1660 g/mol. The Hall–Kier alpha value is -0.0856. The van der Waals surface area contributed by atoms with Crippen LogP contribution < -0.4 is 22.1 Å². The molecule has 0 aliphatic carbocycles. The van der Waals surface area contributed by atoms with Gasteiger partial charge in [0.15, 0.2) is 0 Å². The van der Waals surface area contributed by atoms with Gasteiger partial charge in [0.1, 0.15) is 11.3 Å². The number of para-hydroxylation sites is 6. The minimum atomic E-state index is -0.536. The van der Waals surface area contributed by atoms with Crippen LogP contribution in [-0.2, 0) is 28.1 Å². The Morgan fingerprint density at radius 1 is 0.600 bits per heavy atom. The second kappa shape index (κ2) is 68.0. The number of carbonyl (C=O) groups excluding carboxylic acids is 2. The number of anilines is 4. The van der Waals surface area contributed by atoms with Crippen molar-refractivity contribution < 1.29 is 38.0 Å². The van der Waals surface area contributed by atoms with E-state index in [1.807, 2.05) is 144 Å². The molecule has 4 aromatic rings. The van der Waals surface area contributed by atoms with Gasteiger partial charge in [-0.05, 0) is 41.3 Å². The zero-order chi connectivity index (χ0) is 48.2. The molecular formula is C40H62I7N6O6V-. The molecule has 60 heavy (non-hydrogen) atoms. The Balaban J connectivity index is -0.0000000729. The maximum absolute atomic E-state index is 10.7. The Morgan fingerprint density at radius 3 is 1.15 bits per heavy atom. The molecule has 0 bridgehead atoms. The van der Waals surface area contributed by atoms with Gasteiger partial charge in [-0.3, -0.25) is 34.7 Å².